The van der Waals surface area contributed by atoms with Crippen LogP contribution in [0.1, 0.15) is 45.7 Å². The van der Waals surface area contributed by atoms with Crippen LogP contribution >= 0.6 is 0 Å². The molecular weight excluding hydrogens is 312 g/mol. The summed E-state index contributed by atoms with van der Waals surface area (Å²) in [5.41, 5.74) is 1.38. The van der Waals surface area contributed by atoms with Crippen molar-refractivity contribution in [2.45, 2.75) is 64.4 Å². The molecule has 4 heteroatoms. The van der Waals surface area contributed by atoms with Crippen LogP contribution in [0.15, 0.2) is 30.3 Å². The van der Waals surface area contributed by atoms with Crippen molar-refractivity contribution in [3.8, 4) is 0 Å². The van der Waals surface area contributed by atoms with Crippen molar-refractivity contribution < 1.29 is 4.43 Å². The fraction of sp³-hybridized carbons (Fsp3) is 0.700. The van der Waals surface area contributed by atoms with Gasteiger partial charge in [-0.1, -0.05) is 58.0 Å². The van der Waals surface area contributed by atoms with E-state index in [2.05, 4.69) is 81.3 Å². The van der Waals surface area contributed by atoms with Crippen LogP contribution in [0.3, 0.4) is 0 Å². The monoisotopic (exact) mass is 348 g/mol. The molecular formula is C20H36N2OSi. The maximum absolute atomic E-state index is 6.62. The van der Waals surface area contributed by atoms with Crippen molar-refractivity contribution in [3.63, 3.8) is 0 Å². The maximum Gasteiger partial charge on any atom is 0.192 e. The third kappa shape index (κ3) is 5.15. The van der Waals surface area contributed by atoms with Gasteiger partial charge in [0.05, 0.1) is 6.10 Å². The van der Waals surface area contributed by atoms with Gasteiger partial charge in [0.25, 0.3) is 0 Å². The molecule has 0 unspecified atom stereocenters. The van der Waals surface area contributed by atoms with Gasteiger partial charge < -0.3 is 9.74 Å². The molecule has 1 aliphatic rings. The minimum Gasteiger partial charge on any atom is -0.413 e. The van der Waals surface area contributed by atoms with E-state index in [9.17, 15) is 0 Å². The SMILES string of the molecule is CCN[C@H](CN1CC[C@@H](O[Si](C)(C)C(C)(C)C)C1)c1ccccc1. The second-order valence-corrected chi connectivity index (χ2v) is 13.3. The first-order valence-corrected chi connectivity index (χ1v) is 12.3. The van der Waals surface area contributed by atoms with E-state index in [1.165, 1.54) is 12.0 Å². The Morgan fingerprint density at radius 2 is 1.92 bits per heavy atom. The summed E-state index contributed by atoms with van der Waals surface area (Å²) in [6.07, 6.45) is 1.57. The second-order valence-electron chi connectivity index (χ2n) is 8.57. The van der Waals surface area contributed by atoms with Crippen LogP contribution in [0.25, 0.3) is 0 Å². The molecule has 0 radical (unpaired) electrons. The van der Waals surface area contributed by atoms with Crippen molar-refractivity contribution >= 4 is 8.32 Å². The van der Waals surface area contributed by atoms with Gasteiger partial charge in [-0.15, -0.1) is 0 Å². The fourth-order valence-corrected chi connectivity index (χ4v) is 4.51. The number of likely N-dealkylation sites (N-methyl/N-ethyl adjacent to an activating group) is 1. The first kappa shape index (κ1) is 19.6. The summed E-state index contributed by atoms with van der Waals surface area (Å²) >= 11 is 0. The number of benzene rings is 1. The summed E-state index contributed by atoms with van der Waals surface area (Å²) in [7, 11) is -1.66. The van der Waals surface area contributed by atoms with Gasteiger partial charge in [0.15, 0.2) is 8.32 Å². The molecule has 0 aliphatic carbocycles. The lowest BCUT2D eigenvalue weighted by atomic mass is 10.1. The first-order chi connectivity index (χ1) is 11.2. The number of hydrogen-bond donors (Lipinski definition) is 1. The summed E-state index contributed by atoms with van der Waals surface area (Å²) in [4.78, 5) is 2.57. The molecule has 136 valence electrons. The molecule has 2 rings (SSSR count). The third-order valence-corrected chi connectivity index (χ3v) is 10.1. The molecule has 0 saturated carbocycles. The molecule has 1 fully saturated rings. The van der Waals surface area contributed by atoms with E-state index < -0.39 is 8.32 Å². The van der Waals surface area contributed by atoms with E-state index >= 15 is 0 Å². The van der Waals surface area contributed by atoms with Crippen molar-refractivity contribution in [1.29, 1.82) is 0 Å². The Balaban J connectivity index is 1.93. The van der Waals surface area contributed by atoms with Crippen LogP contribution in [0.4, 0.5) is 0 Å². The standard InChI is InChI=1S/C20H36N2OSi/c1-7-21-19(17-11-9-8-10-12-17)16-22-14-13-18(15-22)23-24(5,6)20(2,3)4/h8-12,18-19,21H,7,13-16H2,1-6H3/t18-,19-/m1/s1. The van der Waals surface area contributed by atoms with E-state index in [1.54, 1.807) is 0 Å². The number of nitrogens with one attached hydrogen (secondary N) is 1. The van der Waals surface area contributed by atoms with Crippen molar-refractivity contribution in [2.24, 2.45) is 0 Å². The summed E-state index contributed by atoms with van der Waals surface area (Å²) < 4.78 is 6.62. The minimum absolute atomic E-state index is 0.288. The number of likely N-dealkylation sites (tertiary alicyclic amines) is 1. The summed E-state index contributed by atoms with van der Waals surface area (Å²) in [6.45, 7) is 18.2. The van der Waals surface area contributed by atoms with Gasteiger partial charge in [0, 0.05) is 25.7 Å². The molecule has 0 aromatic heterocycles. The molecule has 3 nitrogen and oxygen atoms in total. The summed E-state index contributed by atoms with van der Waals surface area (Å²) in [5.74, 6) is 0. The zero-order valence-corrected chi connectivity index (χ0v) is 17.4. The number of rotatable bonds is 7. The Bertz CT molecular complexity index is 498. The van der Waals surface area contributed by atoms with Crippen LogP contribution in [-0.4, -0.2) is 45.5 Å². The minimum atomic E-state index is -1.66. The zero-order chi connectivity index (χ0) is 17.8. The van der Waals surface area contributed by atoms with Crippen molar-refractivity contribution in [2.75, 3.05) is 26.2 Å². The van der Waals surface area contributed by atoms with E-state index in [0.29, 0.717) is 12.1 Å². The first-order valence-electron chi connectivity index (χ1n) is 9.41. The largest absolute Gasteiger partial charge is 0.413 e. The molecule has 1 aliphatic heterocycles. The quantitative estimate of drug-likeness (QED) is 0.738. The average molecular weight is 349 g/mol. The molecule has 1 heterocycles. The highest BCUT2D eigenvalue weighted by atomic mass is 28.4. The van der Waals surface area contributed by atoms with Crippen molar-refractivity contribution in [1.82, 2.24) is 10.2 Å². The average Bonchev–Trinajstić information content (AvgIpc) is 2.93. The molecule has 2 atom stereocenters. The van der Waals surface area contributed by atoms with Crippen LogP contribution in [0.2, 0.25) is 18.1 Å². The van der Waals surface area contributed by atoms with Crippen LogP contribution in [-0.2, 0) is 4.43 Å². The van der Waals surface area contributed by atoms with E-state index in [4.69, 9.17) is 4.43 Å². The van der Waals surface area contributed by atoms with Gasteiger partial charge in [-0.05, 0) is 36.7 Å². The molecule has 1 aromatic rings. The fourth-order valence-electron chi connectivity index (χ4n) is 3.13. The molecule has 1 aromatic carbocycles. The Hall–Kier alpha value is -0.683. The molecule has 0 spiro atoms. The predicted molar refractivity (Wildman–Crippen MR) is 106 cm³/mol. The van der Waals surface area contributed by atoms with Gasteiger partial charge in [0.2, 0.25) is 0 Å². The highest BCUT2D eigenvalue weighted by Crippen LogP contribution is 2.38. The molecule has 0 amide bonds. The van der Waals surface area contributed by atoms with Crippen LogP contribution < -0.4 is 5.32 Å². The number of hydrogen-bond acceptors (Lipinski definition) is 3. The third-order valence-electron chi connectivity index (χ3n) is 5.59. The molecule has 0 bridgehead atoms. The summed E-state index contributed by atoms with van der Waals surface area (Å²) in [6, 6.07) is 11.2. The predicted octanol–water partition coefficient (Wildman–Crippen LogP) is 4.43. The van der Waals surface area contributed by atoms with Crippen molar-refractivity contribution in [3.05, 3.63) is 35.9 Å². The lowest BCUT2D eigenvalue weighted by Crippen LogP contribution is -2.44. The highest BCUT2D eigenvalue weighted by Gasteiger charge is 2.40. The van der Waals surface area contributed by atoms with Gasteiger partial charge in [-0.25, -0.2) is 0 Å². The van der Waals surface area contributed by atoms with Gasteiger partial charge >= 0.3 is 0 Å². The van der Waals surface area contributed by atoms with Gasteiger partial charge in [-0.2, -0.15) is 0 Å². The Labute approximate surface area is 149 Å². The molecule has 1 saturated heterocycles. The smallest absolute Gasteiger partial charge is 0.192 e. The van der Waals surface area contributed by atoms with Gasteiger partial charge in [-0.3, -0.25) is 4.90 Å². The topological polar surface area (TPSA) is 24.5 Å². The lowest BCUT2D eigenvalue weighted by Gasteiger charge is -2.38. The van der Waals surface area contributed by atoms with E-state index in [-0.39, 0.29) is 5.04 Å². The van der Waals surface area contributed by atoms with Crippen LogP contribution in [0, 0.1) is 0 Å². The highest BCUT2D eigenvalue weighted by molar-refractivity contribution is 6.74. The zero-order valence-electron chi connectivity index (χ0n) is 16.4. The lowest BCUT2D eigenvalue weighted by molar-refractivity contribution is 0.177. The Morgan fingerprint density at radius 3 is 2.50 bits per heavy atom. The molecule has 24 heavy (non-hydrogen) atoms. The van der Waals surface area contributed by atoms with Crippen LogP contribution in [0.5, 0.6) is 0 Å². The van der Waals surface area contributed by atoms with E-state index in [0.717, 1.165) is 26.2 Å². The second kappa shape index (κ2) is 8.13. The maximum atomic E-state index is 6.62. The Morgan fingerprint density at radius 1 is 1.25 bits per heavy atom. The Kier molecular flexibility index (Phi) is 6.65. The normalized spacial score (nSPS) is 21.2. The van der Waals surface area contributed by atoms with E-state index in [1.807, 2.05) is 0 Å². The number of nitrogens with zero attached hydrogens (tertiary/aromatic N) is 1. The molecule has 1 N–H and O–H groups in total. The summed E-state index contributed by atoms with van der Waals surface area (Å²) in [5, 5.41) is 3.93. The van der Waals surface area contributed by atoms with Gasteiger partial charge in [0.1, 0.15) is 0 Å².